The van der Waals surface area contributed by atoms with Crippen molar-refractivity contribution in [2.75, 3.05) is 11.9 Å². The van der Waals surface area contributed by atoms with Gasteiger partial charge in [0.05, 0.1) is 6.20 Å². The van der Waals surface area contributed by atoms with Gasteiger partial charge in [0.25, 0.3) is 0 Å². The number of ether oxygens (including phenoxy) is 1. The van der Waals surface area contributed by atoms with Crippen molar-refractivity contribution in [3.8, 4) is 5.75 Å². The number of hydrogen-bond acceptors (Lipinski definition) is 5. The fourth-order valence-electron chi connectivity index (χ4n) is 2.26. The van der Waals surface area contributed by atoms with Crippen LogP contribution in [0.3, 0.4) is 0 Å². The number of aryl methyl sites for hydroxylation is 1. The molecule has 1 N–H and O–H groups in total. The molecule has 0 saturated carbocycles. The van der Waals surface area contributed by atoms with Gasteiger partial charge >= 0.3 is 5.92 Å². The summed E-state index contributed by atoms with van der Waals surface area (Å²) in [4.78, 5) is 8.45. The Labute approximate surface area is 151 Å². The van der Waals surface area contributed by atoms with Crippen molar-refractivity contribution >= 4 is 11.9 Å². The maximum Gasteiger partial charge on any atom is 0.307 e. The van der Waals surface area contributed by atoms with Crippen LogP contribution in [0.1, 0.15) is 37.0 Å². The van der Waals surface area contributed by atoms with Gasteiger partial charge in [0.15, 0.2) is 17.4 Å². The SMILES string of the molecule is C=Cc1ncc(OCc2cc(C(F)(F)C=C)n(C)n2)c(NCCCC)n1. The molecule has 8 heteroatoms. The van der Waals surface area contributed by atoms with Crippen LogP contribution < -0.4 is 10.1 Å². The number of allylic oxidation sites excluding steroid dienone is 1. The number of unbranched alkanes of at least 4 members (excludes halogenated alkanes) is 1. The summed E-state index contributed by atoms with van der Waals surface area (Å²) in [5, 5.41) is 7.26. The van der Waals surface area contributed by atoms with Crippen molar-refractivity contribution in [3.05, 3.63) is 48.7 Å². The van der Waals surface area contributed by atoms with Crippen molar-refractivity contribution in [1.29, 1.82) is 0 Å². The third kappa shape index (κ3) is 4.65. The lowest BCUT2D eigenvalue weighted by Gasteiger charge is -2.11. The molecule has 2 rings (SSSR count). The second-order valence-corrected chi connectivity index (χ2v) is 5.69. The molecule has 0 aliphatic rings. The Morgan fingerprint density at radius 1 is 1.38 bits per heavy atom. The first kappa shape index (κ1) is 19.6. The van der Waals surface area contributed by atoms with Crippen LogP contribution in [0.2, 0.25) is 0 Å². The molecule has 26 heavy (non-hydrogen) atoms. The van der Waals surface area contributed by atoms with E-state index < -0.39 is 5.92 Å². The highest BCUT2D eigenvalue weighted by atomic mass is 19.3. The molecule has 0 aromatic carbocycles. The fourth-order valence-corrected chi connectivity index (χ4v) is 2.26. The third-order valence-electron chi connectivity index (χ3n) is 3.68. The summed E-state index contributed by atoms with van der Waals surface area (Å²) in [7, 11) is 1.45. The van der Waals surface area contributed by atoms with Gasteiger partial charge in [0.2, 0.25) is 0 Å². The van der Waals surface area contributed by atoms with Gasteiger partial charge in [-0.15, -0.1) is 0 Å². The van der Waals surface area contributed by atoms with Crippen LogP contribution in [0.4, 0.5) is 14.6 Å². The molecule has 0 atom stereocenters. The first-order chi connectivity index (χ1) is 12.4. The molecular formula is C18H23F2N5O. The van der Waals surface area contributed by atoms with Gasteiger partial charge < -0.3 is 10.1 Å². The minimum Gasteiger partial charge on any atom is -0.482 e. The van der Waals surface area contributed by atoms with E-state index in [-0.39, 0.29) is 12.3 Å². The number of anilines is 1. The molecule has 0 fully saturated rings. The summed E-state index contributed by atoms with van der Waals surface area (Å²) in [6.07, 6.45) is 5.67. The number of nitrogens with zero attached hydrogens (tertiary/aromatic N) is 4. The molecule has 2 aromatic rings. The maximum absolute atomic E-state index is 13.8. The minimum absolute atomic E-state index is 0.0142. The Bertz CT molecular complexity index is 773. The Morgan fingerprint density at radius 3 is 2.81 bits per heavy atom. The van der Waals surface area contributed by atoms with Gasteiger partial charge in [0.1, 0.15) is 18.0 Å². The number of nitrogens with one attached hydrogen (secondary N) is 1. The second-order valence-electron chi connectivity index (χ2n) is 5.69. The first-order valence-electron chi connectivity index (χ1n) is 8.32. The molecule has 6 nitrogen and oxygen atoms in total. The van der Waals surface area contributed by atoms with Gasteiger partial charge in [-0.3, -0.25) is 4.68 Å². The van der Waals surface area contributed by atoms with Gasteiger partial charge in [0, 0.05) is 13.6 Å². The average molecular weight is 363 g/mol. The van der Waals surface area contributed by atoms with E-state index in [0.717, 1.165) is 24.1 Å². The summed E-state index contributed by atoms with van der Waals surface area (Å²) in [6.45, 7) is 9.65. The molecule has 0 aliphatic carbocycles. The zero-order valence-electron chi connectivity index (χ0n) is 15.0. The van der Waals surface area contributed by atoms with E-state index in [1.54, 1.807) is 0 Å². The van der Waals surface area contributed by atoms with Gasteiger partial charge in [-0.05, 0) is 24.6 Å². The topological polar surface area (TPSA) is 64.9 Å². The molecule has 2 aromatic heterocycles. The molecule has 0 spiro atoms. The number of aromatic nitrogens is 4. The normalized spacial score (nSPS) is 11.2. The predicted molar refractivity (Wildman–Crippen MR) is 97.2 cm³/mol. The lowest BCUT2D eigenvalue weighted by atomic mass is 10.2. The molecule has 140 valence electrons. The van der Waals surface area contributed by atoms with Crippen molar-refractivity contribution in [2.24, 2.45) is 7.05 Å². The average Bonchev–Trinajstić information content (AvgIpc) is 3.02. The highest BCUT2D eigenvalue weighted by Gasteiger charge is 2.31. The van der Waals surface area contributed by atoms with Crippen LogP contribution in [0.15, 0.2) is 31.5 Å². The molecule has 0 radical (unpaired) electrons. The number of rotatable bonds is 10. The molecule has 0 saturated heterocycles. The third-order valence-corrected chi connectivity index (χ3v) is 3.68. The highest BCUT2D eigenvalue weighted by molar-refractivity contribution is 5.52. The monoisotopic (exact) mass is 363 g/mol. The summed E-state index contributed by atoms with van der Waals surface area (Å²) in [6, 6.07) is 1.30. The van der Waals surface area contributed by atoms with Gasteiger partial charge in [-0.25, -0.2) is 9.97 Å². The first-order valence-corrected chi connectivity index (χ1v) is 8.32. The van der Waals surface area contributed by atoms with E-state index in [1.165, 1.54) is 25.4 Å². The molecule has 0 unspecified atom stereocenters. The molecule has 0 bridgehead atoms. The maximum atomic E-state index is 13.8. The largest absolute Gasteiger partial charge is 0.482 e. The van der Waals surface area contributed by atoms with Gasteiger partial charge in [-0.1, -0.05) is 26.5 Å². The van der Waals surface area contributed by atoms with E-state index >= 15 is 0 Å². The van der Waals surface area contributed by atoms with Crippen LogP contribution in [-0.4, -0.2) is 26.3 Å². The van der Waals surface area contributed by atoms with E-state index in [9.17, 15) is 8.78 Å². The Kier molecular flexibility index (Phi) is 6.43. The predicted octanol–water partition coefficient (Wildman–Crippen LogP) is 3.92. The zero-order chi connectivity index (χ0) is 19.2. The van der Waals surface area contributed by atoms with Gasteiger partial charge in [-0.2, -0.15) is 13.9 Å². The zero-order valence-corrected chi connectivity index (χ0v) is 15.0. The molecular weight excluding hydrogens is 340 g/mol. The van der Waals surface area contributed by atoms with Crippen LogP contribution in [-0.2, 0) is 19.6 Å². The van der Waals surface area contributed by atoms with Crippen LogP contribution in [0.5, 0.6) is 5.75 Å². The Hall–Kier alpha value is -2.77. The van der Waals surface area contributed by atoms with Crippen LogP contribution in [0.25, 0.3) is 6.08 Å². The summed E-state index contributed by atoms with van der Waals surface area (Å²) < 4.78 is 34.4. The number of halogens is 2. The standard InChI is InChI=1S/C18H23F2N5O/c1-5-8-9-21-17-14(11-22-16(6-2)23-17)26-12-13-10-15(25(4)24-13)18(19,20)7-3/h6-7,10-11H,2-3,5,8-9,12H2,1,4H3,(H,21,22,23). The summed E-state index contributed by atoms with van der Waals surface area (Å²) >= 11 is 0. The highest BCUT2D eigenvalue weighted by Crippen LogP contribution is 2.29. The lowest BCUT2D eigenvalue weighted by molar-refractivity contribution is 0.0433. The van der Waals surface area contributed by atoms with E-state index in [4.69, 9.17) is 4.74 Å². The minimum atomic E-state index is -3.15. The fraction of sp³-hybridized carbons (Fsp3) is 0.389. The second kappa shape index (κ2) is 8.55. The molecule has 0 amide bonds. The molecule has 0 aliphatic heterocycles. The van der Waals surface area contributed by atoms with Crippen LogP contribution >= 0.6 is 0 Å². The summed E-state index contributed by atoms with van der Waals surface area (Å²) in [5.74, 6) is -1.71. The summed E-state index contributed by atoms with van der Waals surface area (Å²) in [5.41, 5.74) is 0.127. The molecule has 2 heterocycles. The van der Waals surface area contributed by atoms with Crippen LogP contribution in [0, 0.1) is 0 Å². The van der Waals surface area contributed by atoms with Crippen molar-refractivity contribution in [1.82, 2.24) is 19.7 Å². The van der Waals surface area contributed by atoms with E-state index in [2.05, 4.69) is 40.5 Å². The van der Waals surface area contributed by atoms with Crippen molar-refractivity contribution in [3.63, 3.8) is 0 Å². The van der Waals surface area contributed by atoms with Crippen molar-refractivity contribution < 1.29 is 13.5 Å². The van der Waals surface area contributed by atoms with E-state index in [1.807, 2.05) is 0 Å². The number of alkyl halides is 2. The van der Waals surface area contributed by atoms with Crippen molar-refractivity contribution in [2.45, 2.75) is 32.3 Å². The quantitative estimate of drug-likeness (QED) is 0.512. The Balaban J connectivity index is 2.15. The van der Waals surface area contributed by atoms with E-state index in [0.29, 0.717) is 29.2 Å². The Morgan fingerprint density at radius 2 is 2.15 bits per heavy atom. The lowest BCUT2D eigenvalue weighted by Crippen LogP contribution is -2.14. The smallest absolute Gasteiger partial charge is 0.307 e. The number of hydrogen-bond donors (Lipinski definition) is 1.